The number of para-hydroxylation sites is 1. The summed E-state index contributed by atoms with van der Waals surface area (Å²) in [6.45, 7) is 0. The van der Waals surface area contributed by atoms with Crippen LogP contribution in [-0.4, -0.2) is 7.11 Å². The standard InChI is InChI=1S/C13H12Cl6N2OP2/c1-22-13-9-7-12(8-10-13)21-23(14,15,16)20(24(21,17,18)19)11-5-3-2-4-6-11/h2-10H,1H3. The molecule has 0 unspecified atom stereocenters. The molecular formula is C13H12Cl6N2OP2. The Morgan fingerprint density at radius 2 is 1.08 bits per heavy atom. The van der Waals surface area contributed by atoms with E-state index in [2.05, 4.69) is 0 Å². The van der Waals surface area contributed by atoms with Crippen LogP contribution in [-0.2, 0) is 0 Å². The van der Waals surface area contributed by atoms with E-state index in [1.165, 1.54) is 8.88 Å². The summed E-state index contributed by atoms with van der Waals surface area (Å²) in [5.41, 5.74) is 1.07. The normalized spacial score (nSPS) is 26.1. The predicted octanol–water partition coefficient (Wildman–Crippen LogP) is 8.71. The molecule has 2 aromatic carbocycles. The van der Waals surface area contributed by atoms with Gasteiger partial charge in [-0.25, -0.2) is 0 Å². The van der Waals surface area contributed by atoms with Crippen molar-refractivity contribution in [2.24, 2.45) is 0 Å². The first kappa shape index (κ1) is 19.2. The van der Waals surface area contributed by atoms with E-state index in [4.69, 9.17) is 72.2 Å². The molecule has 1 saturated heterocycles. The van der Waals surface area contributed by atoms with Crippen molar-refractivity contribution in [2.45, 2.75) is 0 Å². The van der Waals surface area contributed by atoms with Gasteiger partial charge in [0.25, 0.3) is 0 Å². The summed E-state index contributed by atoms with van der Waals surface area (Å²) in [6, 6.07) is 15.7. The third kappa shape index (κ3) is 2.82. The summed E-state index contributed by atoms with van der Waals surface area (Å²) in [5.74, 6) is 0.650. The quantitative estimate of drug-likeness (QED) is 0.403. The molecule has 2 aromatic rings. The van der Waals surface area contributed by atoms with E-state index in [1.807, 2.05) is 6.07 Å². The number of hydrogen-bond donors (Lipinski definition) is 0. The summed E-state index contributed by atoms with van der Waals surface area (Å²) in [5, 5.41) is 0. The van der Waals surface area contributed by atoms with Crippen molar-refractivity contribution in [3.05, 3.63) is 54.6 Å². The Morgan fingerprint density at radius 3 is 1.50 bits per heavy atom. The van der Waals surface area contributed by atoms with E-state index in [0.29, 0.717) is 17.1 Å². The summed E-state index contributed by atoms with van der Waals surface area (Å²) in [4.78, 5) is -8.42. The van der Waals surface area contributed by atoms with Crippen LogP contribution in [0.15, 0.2) is 54.6 Å². The zero-order chi connectivity index (χ0) is 17.9. The Hall–Kier alpha value is 0.440. The summed E-state index contributed by atoms with van der Waals surface area (Å²) in [7, 11) is 1.56. The van der Waals surface area contributed by atoms with Gasteiger partial charge in [-0.15, -0.1) is 0 Å². The van der Waals surface area contributed by atoms with E-state index in [0.717, 1.165) is 0 Å². The van der Waals surface area contributed by atoms with Crippen LogP contribution in [0.4, 0.5) is 11.4 Å². The molecule has 1 fully saturated rings. The fourth-order valence-corrected chi connectivity index (χ4v) is 31.9. The molecule has 0 aromatic heterocycles. The number of hydrogen-bond acceptors (Lipinski definition) is 3. The third-order valence-corrected chi connectivity index (χ3v) is 20.2. The minimum atomic E-state index is -4.21. The Bertz CT molecular complexity index is 748. The maximum atomic E-state index is 6.67. The Morgan fingerprint density at radius 1 is 0.667 bits per heavy atom. The molecular weight excluding hydrogens is 475 g/mol. The number of benzene rings is 2. The molecule has 24 heavy (non-hydrogen) atoms. The van der Waals surface area contributed by atoms with Crippen molar-refractivity contribution >= 4 is 88.7 Å². The Kier molecular flexibility index (Phi) is 4.58. The SMILES string of the molecule is COc1ccc(N2P(Cl)(Cl)(Cl)N(c3ccccc3)P2(Cl)(Cl)Cl)cc1. The number of ether oxygens (including phenoxy) is 1. The second kappa shape index (κ2) is 5.72. The first-order valence-corrected chi connectivity index (χ1v) is 16.3. The molecule has 132 valence electrons. The number of methoxy groups -OCH3 is 1. The van der Waals surface area contributed by atoms with Crippen LogP contribution in [0.5, 0.6) is 5.75 Å². The fraction of sp³-hybridized carbons (Fsp3) is 0.0769. The summed E-state index contributed by atoms with van der Waals surface area (Å²) < 4.78 is 7.84. The minimum absolute atomic E-state index is 0.512. The molecule has 0 amide bonds. The van der Waals surface area contributed by atoms with Gasteiger partial charge < -0.3 is 0 Å². The molecule has 0 bridgehead atoms. The van der Waals surface area contributed by atoms with Crippen molar-refractivity contribution in [3.8, 4) is 5.75 Å². The van der Waals surface area contributed by atoms with Gasteiger partial charge in [0.15, 0.2) is 0 Å². The topological polar surface area (TPSA) is 15.7 Å². The Balaban J connectivity index is 2.14. The van der Waals surface area contributed by atoms with Gasteiger partial charge >= 0.3 is 170 Å². The molecule has 11 heteroatoms. The first-order valence-electron chi connectivity index (χ1n) is 6.61. The van der Waals surface area contributed by atoms with E-state index < -0.39 is 9.93 Å². The number of anilines is 2. The molecule has 0 radical (unpaired) electrons. The molecule has 3 nitrogen and oxygen atoms in total. The summed E-state index contributed by atoms with van der Waals surface area (Å²) >= 11 is 40.0. The molecule has 0 aliphatic carbocycles. The fourth-order valence-electron chi connectivity index (χ4n) is 2.58. The Labute approximate surface area is 169 Å². The second-order valence-corrected chi connectivity index (χ2v) is 24.9. The molecule has 1 aliphatic heterocycles. The average Bonchev–Trinajstić information content (AvgIpc) is 2.45. The van der Waals surface area contributed by atoms with Crippen molar-refractivity contribution < 1.29 is 4.74 Å². The monoisotopic (exact) mass is 484 g/mol. The van der Waals surface area contributed by atoms with Gasteiger partial charge in [-0.2, -0.15) is 0 Å². The van der Waals surface area contributed by atoms with Crippen molar-refractivity contribution in [1.29, 1.82) is 0 Å². The van der Waals surface area contributed by atoms with Crippen LogP contribution in [0.25, 0.3) is 0 Å². The molecule has 0 saturated carbocycles. The second-order valence-electron chi connectivity index (χ2n) is 5.08. The molecule has 3 rings (SSSR count). The molecule has 0 N–H and O–H groups in total. The van der Waals surface area contributed by atoms with Gasteiger partial charge in [0.2, 0.25) is 0 Å². The molecule has 0 spiro atoms. The molecule has 1 aliphatic rings. The van der Waals surface area contributed by atoms with Crippen LogP contribution >= 0.6 is 77.4 Å². The number of rotatable bonds is 3. The zero-order valence-electron chi connectivity index (χ0n) is 12.2. The van der Waals surface area contributed by atoms with Gasteiger partial charge in [0.05, 0.1) is 0 Å². The average molecular weight is 487 g/mol. The first-order chi connectivity index (χ1) is 10.9. The van der Waals surface area contributed by atoms with Crippen molar-refractivity contribution in [3.63, 3.8) is 0 Å². The van der Waals surface area contributed by atoms with Gasteiger partial charge in [-0.3, -0.25) is 0 Å². The van der Waals surface area contributed by atoms with Crippen LogP contribution in [0.3, 0.4) is 0 Å². The van der Waals surface area contributed by atoms with Crippen molar-refractivity contribution in [2.75, 3.05) is 16.0 Å². The zero-order valence-corrected chi connectivity index (χ0v) is 18.5. The van der Waals surface area contributed by atoms with Crippen LogP contribution < -0.4 is 13.6 Å². The van der Waals surface area contributed by atoms with Gasteiger partial charge in [0.1, 0.15) is 0 Å². The summed E-state index contributed by atoms with van der Waals surface area (Å²) in [6.07, 6.45) is 0. The molecule has 1 heterocycles. The van der Waals surface area contributed by atoms with E-state index in [1.54, 1.807) is 55.6 Å². The molecule has 0 atom stereocenters. The predicted molar refractivity (Wildman–Crippen MR) is 113 cm³/mol. The van der Waals surface area contributed by atoms with Crippen molar-refractivity contribution in [1.82, 2.24) is 0 Å². The van der Waals surface area contributed by atoms with E-state index in [-0.39, 0.29) is 0 Å². The maximum absolute atomic E-state index is 6.67. The van der Waals surface area contributed by atoms with Crippen LogP contribution in [0, 0.1) is 0 Å². The van der Waals surface area contributed by atoms with Gasteiger partial charge in [0, 0.05) is 0 Å². The van der Waals surface area contributed by atoms with E-state index >= 15 is 0 Å². The van der Waals surface area contributed by atoms with Crippen LogP contribution in [0.2, 0.25) is 0 Å². The van der Waals surface area contributed by atoms with E-state index in [9.17, 15) is 0 Å². The van der Waals surface area contributed by atoms with Gasteiger partial charge in [-0.1, -0.05) is 0 Å². The number of halogens is 6. The third-order valence-electron chi connectivity index (χ3n) is 3.49. The van der Waals surface area contributed by atoms with Gasteiger partial charge in [-0.05, 0) is 0 Å². The number of nitrogens with zero attached hydrogens (tertiary/aromatic N) is 2. The van der Waals surface area contributed by atoms with Crippen LogP contribution in [0.1, 0.15) is 0 Å².